The van der Waals surface area contributed by atoms with Gasteiger partial charge in [0.05, 0.1) is 11.6 Å². The van der Waals surface area contributed by atoms with Gasteiger partial charge in [0.25, 0.3) is 0 Å². The maximum atomic E-state index is 11.7. The number of carbonyl (C=O) groups excluding carboxylic acids is 1. The molecule has 16 heavy (non-hydrogen) atoms. The number of carboxylic acid groups (broad SMARTS) is 1. The van der Waals surface area contributed by atoms with Gasteiger partial charge in [-0.3, -0.25) is 9.59 Å². The van der Waals surface area contributed by atoms with Gasteiger partial charge in [0.15, 0.2) is 0 Å². The summed E-state index contributed by atoms with van der Waals surface area (Å²) in [6.07, 6.45) is 0. The molecule has 1 amide bonds. The van der Waals surface area contributed by atoms with E-state index in [0.29, 0.717) is 0 Å². The smallest absolute Gasteiger partial charge is 0.307 e. The van der Waals surface area contributed by atoms with Crippen LogP contribution in [-0.2, 0) is 9.59 Å². The lowest BCUT2D eigenvalue weighted by molar-refractivity contribution is -0.142. The second-order valence-electron chi connectivity index (χ2n) is 3.65. The molecule has 1 aromatic rings. The Morgan fingerprint density at radius 2 is 2.19 bits per heavy atom. The van der Waals surface area contributed by atoms with Gasteiger partial charge >= 0.3 is 5.97 Å². The molecule has 1 heterocycles. The molecule has 4 nitrogen and oxygen atoms in total. The molecule has 0 saturated heterocycles. The highest BCUT2D eigenvalue weighted by Crippen LogP contribution is 2.38. The van der Waals surface area contributed by atoms with Gasteiger partial charge in [-0.2, -0.15) is 0 Å². The molecule has 0 radical (unpaired) electrons. The maximum Gasteiger partial charge on any atom is 0.307 e. The number of para-hydroxylation sites is 1. The zero-order chi connectivity index (χ0) is 11.7. The van der Waals surface area contributed by atoms with Crippen molar-refractivity contribution in [1.82, 2.24) is 0 Å². The molecule has 5 heteroatoms. The maximum absolute atomic E-state index is 11.7. The molecule has 0 aliphatic carbocycles. The van der Waals surface area contributed by atoms with Crippen LogP contribution in [0.4, 0.5) is 5.69 Å². The molecular weight excluding hydrogens is 226 g/mol. The van der Waals surface area contributed by atoms with E-state index in [1.165, 1.54) is 11.8 Å². The third-order valence-corrected chi connectivity index (χ3v) is 3.99. The molecule has 0 saturated carbocycles. The van der Waals surface area contributed by atoms with E-state index in [0.717, 1.165) is 10.6 Å². The predicted molar refractivity (Wildman–Crippen MR) is 61.5 cm³/mol. The summed E-state index contributed by atoms with van der Waals surface area (Å²) in [5.41, 5.74) is 0.756. The number of anilines is 1. The molecule has 1 aliphatic rings. The van der Waals surface area contributed by atoms with Crippen LogP contribution in [0.2, 0.25) is 0 Å². The summed E-state index contributed by atoms with van der Waals surface area (Å²) in [6, 6.07) is 7.38. The average molecular weight is 237 g/mol. The zero-order valence-electron chi connectivity index (χ0n) is 8.64. The van der Waals surface area contributed by atoms with Crippen molar-refractivity contribution in [3.8, 4) is 0 Å². The van der Waals surface area contributed by atoms with Crippen molar-refractivity contribution < 1.29 is 14.7 Å². The first-order valence-electron chi connectivity index (χ1n) is 4.89. The van der Waals surface area contributed by atoms with Gasteiger partial charge in [0.2, 0.25) is 5.91 Å². The fraction of sp³-hybridized carbons (Fsp3) is 0.273. The van der Waals surface area contributed by atoms with Crippen molar-refractivity contribution in [2.75, 3.05) is 5.32 Å². The molecule has 1 aliphatic heterocycles. The lowest BCUT2D eigenvalue weighted by atomic mass is 10.1. The molecule has 2 N–H and O–H groups in total. The number of rotatable bonds is 2. The first kappa shape index (κ1) is 11.0. The van der Waals surface area contributed by atoms with Crippen molar-refractivity contribution in [2.24, 2.45) is 5.92 Å². The Morgan fingerprint density at radius 3 is 2.88 bits per heavy atom. The van der Waals surface area contributed by atoms with Gasteiger partial charge in [-0.05, 0) is 12.1 Å². The summed E-state index contributed by atoms with van der Waals surface area (Å²) < 4.78 is 0. The highest BCUT2D eigenvalue weighted by molar-refractivity contribution is 8.01. The number of amides is 1. The van der Waals surface area contributed by atoms with Gasteiger partial charge in [0.1, 0.15) is 5.25 Å². The lowest BCUT2D eigenvalue weighted by Gasteiger charge is -2.26. The molecule has 1 aromatic carbocycles. The Balaban J connectivity index is 2.28. The number of hydrogen-bond acceptors (Lipinski definition) is 3. The number of fused-ring (bicyclic) bond motifs is 1. The molecule has 84 valence electrons. The number of thioether (sulfide) groups is 1. The first-order valence-corrected chi connectivity index (χ1v) is 5.77. The van der Waals surface area contributed by atoms with Crippen molar-refractivity contribution >= 4 is 29.3 Å². The zero-order valence-corrected chi connectivity index (χ0v) is 9.45. The molecule has 0 bridgehead atoms. The van der Waals surface area contributed by atoms with Crippen LogP contribution in [0, 0.1) is 5.92 Å². The number of nitrogens with one attached hydrogen (secondary N) is 1. The van der Waals surface area contributed by atoms with E-state index in [2.05, 4.69) is 5.32 Å². The summed E-state index contributed by atoms with van der Waals surface area (Å²) in [7, 11) is 0. The number of hydrogen-bond donors (Lipinski definition) is 2. The number of aliphatic carboxylic acids is 1. The summed E-state index contributed by atoms with van der Waals surface area (Å²) in [4.78, 5) is 23.5. The van der Waals surface area contributed by atoms with E-state index >= 15 is 0 Å². The van der Waals surface area contributed by atoms with Crippen LogP contribution >= 0.6 is 11.8 Å². The van der Waals surface area contributed by atoms with Crippen LogP contribution in [-0.4, -0.2) is 22.2 Å². The van der Waals surface area contributed by atoms with Crippen molar-refractivity contribution in [3.05, 3.63) is 24.3 Å². The summed E-state index contributed by atoms with van der Waals surface area (Å²) in [5.74, 6) is -1.89. The quantitative estimate of drug-likeness (QED) is 0.823. The highest BCUT2D eigenvalue weighted by atomic mass is 32.2. The van der Waals surface area contributed by atoms with Crippen molar-refractivity contribution in [1.29, 1.82) is 0 Å². The molecule has 0 aromatic heterocycles. The fourth-order valence-corrected chi connectivity index (χ4v) is 2.69. The van der Waals surface area contributed by atoms with Crippen LogP contribution < -0.4 is 5.32 Å². The topological polar surface area (TPSA) is 66.4 Å². The monoisotopic (exact) mass is 237 g/mol. The highest BCUT2D eigenvalue weighted by Gasteiger charge is 2.34. The standard InChI is InChI=1S/C11H11NO3S/c1-6(11(14)15)9-10(13)12-7-4-2-3-5-8(7)16-9/h2-6,9H,1H3,(H,12,13)(H,14,15)/t6-,9+/m1/s1. The van der Waals surface area contributed by atoms with Crippen molar-refractivity contribution in [2.45, 2.75) is 17.1 Å². The minimum atomic E-state index is -0.952. The summed E-state index contributed by atoms with van der Waals surface area (Å²) in [6.45, 7) is 1.55. The lowest BCUT2D eigenvalue weighted by Crippen LogP contribution is -2.37. The van der Waals surface area contributed by atoms with E-state index in [4.69, 9.17) is 5.11 Å². The normalized spacial score (nSPS) is 20.8. The molecule has 2 rings (SSSR count). The second-order valence-corrected chi connectivity index (χ2v) is 4.83. The largest absolute Gasteiger partial charge is 0.481 e. The molecule has 0 fully saturated rings. The predicted octanol–water partition coefficient (Wildman–Crippen LogP) is 1.82. The Morgan fingerprint density at radius 1 is 1.50 bits per heavy atom. The van der Waals surface area contributed by atoms with Gasteiger partial charge in [-0.1, -0.05) is 19.1 Å². The molecule has 0 unspecified atom stereocenters. The van der Waals surface area contributed by atoms with E-state index in [-0.39, 0.29) is 5.91 Å². The van der Waals surface area contributed by atoms with Crippen LogP contribution in [0.25, 0.3) is 0 Å². The SMILES string of the molecule is C[C@@H](C(=O)O)[C@@H]1Sc2ccccc2NC1=O. The average Bonchev–Trinajstić information content (AvgIpc) is 2.27. The molecule has 2 atom stereocenters. The minimum Gasteiger partial charge on any atom is -0.481 e. The van der Waals surface area contributed by atoms with Crippen LogP contribution in [0.1, 0.15) is 6.92 Å². The third kappa shape index (κ3) is 1.90. The van der Waals surface area contributed by atoms with E-state index in [9.17, 15) is 9.59 Å². The van der Waals surface area contributed by atoms with Crippen LogP contribution in [0.15, 0.2) is 29.2 Å². The van der Waals surface area contributed by atoms with Crippen LogP contribution in [0.3, 0.4) is 0 Å². The van der Waals surface area contributed by atoms with Gasteiger partial charge in [-0.15, -0.1) is 11.8 Å². The minimum absolute atomic E-state index is 0.237. The molecular formula is C11H11NO3S. The number of carboxylic acids is 1. The van der Waals surface area contributed by atoms with E-state index in [1.54, 1.807) is 6.92 Å². The Bertz CT molecular complexity index is 447. The van der Waals surface area contributed by atoms with E-state index in [1.807, 2.05) is 24.3 Å². The molecule has 0 spiro atoms. The van der Waals surface area contributed by atoms with Gasteiger partial charge in [0, 0.05) is 4.90 Å². The first-order chi connectivity index (χ1) is 7.59. The van der Waals surface area contributed by atoms with Crippen molar-refractivity contribution in [3.63, 3.8) is 0 Å². The van der Waals surface area contributed by atoms with Crippen LogP contribution in [0.5, 0.6) is 0 Å². The van der Waals surface area contributed by atoms with E-state index < -0.39 is 17.1 Å². The number of benzene rings is 1. The fourth-order valence-electron chi connectivity index (χ4n) is 1.53. The Kier molecular flexibility index (Phi) is 2.87. The summed E-state index contributed by atoms with van der Waals surface area (Å²) in [5, 5.41) is 11.1. The third-order valence-electron chi connectivity index (χ3n) is 2.50. The summed E-state index contributed by atoms with van der Waals surface area (Å²) >= 11 is 1.31. The van der Waals surface area contributed by atoms with Gasteiger partial charge in [-0.25, -0.2) is 0 Å². The Labute approximate surface area is 97.0 Å². The Hall–Kier alpha value is -1.49. The van der Waals surface area contributed by atoms with Gasteiger partial charge < -0.3 is 10.4 Å². The number of carbonyl (C=O) groups is 2. The second kappa shape index (κ2) is 4.17.